The van der Waals surface area contributed by atoms with Gasteiger partial charge < -0.3 is 25.0 Å². The molecule has 0 atom stereocenters. The Morgan fingerprint density at radius 1 is 1.26 bits per heavy atom. The minimum Gasteiger partial charge on any atom is -0.462 e. The van der Waals surface area contributed by atoms with Crippen LogP contribution < -0.4 is 16.1 Å². The summed E-state index contributed by atoms with van der Waals surface area (Å²) in [7, 11) is 0. The van der Waals surface area contributed by atoms with Crippen molar-refractivity contribution in [1.29, 1.82) is 0 Å². The lowest BCUT2D eigenvalue weighted by Crippen LogP contribution is -2.36. The lowest BCUT2D eigenvalue weighted by Gasteiger charge is -2.32. The second kappa shape index (κ2) is 6.88. The molecule has 1 saturated heterocycles. The Morgan fingerprint density at radius 3 is 2.59 bits per heavy atom. The summed E-state index contributed by atoms with van der Waals surface area (Å²) in [6.07, 6.45) is 4.83. The van der Waals surface area contributed by atoms with Crippen LogP contribution in [0, 0.1) is 0 Å². The summed E-state index contributed by atoms with van der Waals surface area (Å²) < 4.78 is 7.08. The molecule has 144 valence electrons. The minimum atomic E-state index is -0.591. The number of nitrogens with two attached hydrogens (primary N) is 1. The molecule has 0 bridgehead atoms. The fourth-order valence-electron chi connectivity index (χ4n) is 3.79. The number of aromatic nitrogens is 1. The molecule has 0 unspecified atom stereocenters. The van der Waals surface area contributed by atoms with Gasteiger partial charge in [0.1, 0.15) is 5.56 Å². The average Bonchev–Trinajstić information content (AvgIpc) is 3.48. The highest BCUT2D eigenvalue weighted by molar-refractivity contribution is 5.96. The molecule has 7 heteroatoms. The molecule has 1 aromatic heterocycles. The lowest BCUT2D eigenvalue weighted by molar-refractivity contribution is 0.0524. The van der Waals surface area contributed by atoms with Crippen LogP contribution in [0.15, 0.2) is 23.1 Å². The van der Waals surface area contributed by atoms with Gasteiger partial charge in [-0.2, -0.15) is 0 Å². The zero-order valence-corrected chi connectivity index (χ0v) is 15.5. The second-order valence-electron chi connectivity index (χ2n) is 7.38. The first-order chi connectivity index (χ1) is 13.0. The van der Waals surface area contributed by atoms with Crippen LogP contribution in [-0.4, -0.2) is 41.4 Å². The third-order valence-electron chi connectivity index (χ3n) is 5.42. The first-order valence-corrected chi connectivity index (χ1v) is 9.58. The smallest absolute Gasteiger partial charge is 0.343 e. The van der Waals surface area contributed by atoms with Gasteiger partial charge in [-0.3, -0.25) is 4.79 Å². The number of anilines is 2. The van der Waals surface area contributed by atoms with Gasteiger partial charge in [0, 0.05) is 30.7 Å². The summed E-state index contributed by atoms with van der Waals surface area (Å²) in [6, 6.07) is 3.93. The third kappa shape index (κ3) is 3.27. The number of esters is 1. The summed E-state index contributed by atoms with van der Waals surface area (Å²) in [5.41, 5.74) is 8.19. The number of benzene rings is 1. The molecular formula is C20H25N3O4. The van der Waals surface area contributed by atoms with Crippen molar-refractivity contribution in [2.45, 2.75) is 44.8 Å². The van der Waals surface area contributed by atoms with Gasteiger partial charge in [0.05, 0.1) is 29.6 Å². The zero-order valence-electron chi connectivity index (χ0n) is 15.5. The SMILES string of the molecule is CCOC(=O)c1cn(C2CC2)c2cc(N3CCC(O)CC3)c(N)cc2c1=O. The molecule has 0 amide bonds. The molecule has 1 aliphatic heterocycles. The first-order valence-electron chi connectivity index (χ1n) is 9.58. The largest absolute Gasteiger partial charge is 0.462 e. The van der Waals surface area contributed by atoms with Gasteiger partial charge in [0.15, 0.2) is 0 Å². The summed E-state index contributed by atoms with van der Waals surface area (Å²) in [6.45, 7) is 3.40. The van der Waals surface area contributed by atoms with Gasteiger partial charge in [0.2, 0.25) is 5.43 Å². The van der Waals surface area contributed by atoms with E-state index in [2.05, 4.69) is 4.90 Å². The maximum atomic E-state index is 12.9. The van der Waals surface area contributed by atoms with Crippen molar-refractivity contribution in [3.8, 4) is 0 Å². The number of hydrogen-bond acceptors (Lipinski definition) is 6. The molecule has 3 N–H and O–H groups in total. The van der Waals surface area contributed by atoms with Crippen LogP contribution in [0.25, 0.3) is 10.9 Å². The fraction of sp³-hybridized carbons (Fsp3) is 0.500. The van der Waals surface area contributed by atoms with Gasteiger partial charge >= 0.3 is 5.97 Å². The highest BCUT2D eigenvalue weighted by Gasteiger charge is 2.28. The molecular weight excluding hydrogens is 346 g/mol. The van der Waals surface area contributed by atoms with Crippen LogP contribution in [-0.2, 0) is 4.74 Å². The van der Waals surface area contributed by atoms with E-state index in [9.17, 15) is 14.7 Å². The molecule has 1 saturated carbocycles. The van der Waals surface area contributed by atoms with Crippen LogP contribution in [0.4, 0.5) is 11.4 Å². The number of hydrogen-bond donors (Lipinski definition) is 2. The maximum absolute atomic E-state index is 12.9. The van der Waals surface area contributed by atoms with Crippen molar-refractivity contribution in [2.75, 3.05) is 30.3 Å². The van der Waals surface area contributed by atoms with E-state index in [1.165, 1.54) is 0 Å². The van der Waals surface area contributed by atoms with Gasteiger partial charge in [-0.25, -0.2) is 4.79 Å². The van der Waals surface area contributed by atoms with E-state index < -0.39 is 5.97 Å². The Kier molecular flexibility index (Phi) is 4.55. The topological polar surface area (TPSA) is 97.8 Å². The standard InChI is InChI=1S/C20H25N3O4/c1-2-27-20(26)15-11-23(12-3-4-12)17-10-18(16(21)9-14(17)19(15)25)22-7-5-13(24)6-8-22/h9-13,24H,2-8,21H2,1H3. The Hall–Kier alpha value is -2.54. The van der Waals surface area contributed by atoms with E-state index in [0.717, 1.165) is 37.1 Å². The molecule has 7 nitrogen and oxygen atoms in total. The number of carbonyl (C=O) groups is 1. The average molecular weight is 371 g/mol. The highest BCUT2D eigenvalue weighted by atomic mass is 16.5. The maximum Gasteiger partial charge on any atom is 0.343 e. The molecule has 4 rings (SSSR count). The zero-order chi connectivity index (χ0) is 19.1. The number of fused-ring (bicyclic) bond motifs is 1. The minimum absolute atomic E-state index is 0.0597. The van der Waals surface area contributed by atoms with Crippen LogP contribution in [0.1, 0.15) is 49.0 Å². The molecule has 2 fully saturated rings. The van der Waals surface area contributed by atoms with E-state index in [1.807, 2.05) is 10.6 Å². The molecule has 0 radical (unpaired) electrons. The van der Waals surface area contributed by atoms with Gasteiger partial charge in [-0.1, -0.05) is 0 Å². The quantitative estimate of drug-likeness (QED) is 0.631. The molecule has 1 aromatic carbocycles. The van der Waals surface area contributed by atoms with E-state index in [0.29, 0.717) is 30.0 Å². The van der Waals surface area contributed by atoms with Crippen molar-refractivity contribution in [3.05, 3.63) is 34.1 Å². The predicted octanol–water partition coefficient (Wildman–Crippen LogP) is 2.06. The summed E-state index contributed by atoms with van der Waals surface area (Å²) in [5, 5.41) is 10.2. The Morgan fingerprint density at radius 2 is 1.96 bits per heavy atom. The summed E-state index contributed by atoms with van der Waals surface area (Å²) in [4.78, 5) is 27.3. The molecule has 2 aliphatic rings. The Balaban J connectivity index is 1.85. The van der Waals surface area contributed by atoms with Crippen molar-refractivity contribution in [1.82, 2.24) is 4.57 Å². The lowest BCUT2D eigenvalue weighted by atomic mass is 10.0. The number of aliphatic hydroxyl groups excluding tert-OH is 1. The molecule has 1 aliphatic carbocycles. The second-order valence-corrected chi connectivity index (χ2v) is 7.38. The van der Waals surface area contributed by atoms with Crippen LogP contribution in [0.5, 0.6) is 0 Å². The Labute approximate surface area is 157 Å². The van der Waals surface area contributed by atoms with Crippen LogP contribution >= 0.6 is 0 Å². The Bertz CT molecular complexity index is 940. The van der Waals surface area contributed by atoms with E-state index >= 15 is 0 Å². The molecule has 27 heavy (non-hydrogen) atoms. The van der Waals surface area contributed by atoms with E-state index in [-0.39, 0.29) is 23.7 Å². The van der Waals surface area contributed by atoms with E-state index in [1.54, 1.807) is 19.2 Å². The molecule has 2 heterocycles. The predicted molar refractivity (Wildman–Crippen MR) is 104 cm³/mol. The fourth-order valence-corrected chi connectivity index (χ4v) is 3.79. The normalized spacial score (nSPS) is 18.1. The van der Waals surface area contributed by atoms with Gasteiger partial charge in [0.25, 0.3) is 0 Å². The first kappa shape index (κ1) is 17.9. The number of rotatable bonds is 4. The number of aliphatic hydroxyl groups is 1. The van der Waals surface area contributed by atoms with E-state index in [4.69, 9.17) is 10.5 Å². The van der Waals surface area contributed by atoms with Crippen molar-refractivity contribution in [3.63, 3.8) is 0 Å². The number of piperidine rings is 1. The summed E-state index contributed by atoms with van der Waals surface area (Å²) in [5.74, 6) is -0.591. The van der Waals surface area contributed by atoms with Gasteiger partial charge in [-0.15, -0.1) is 0 Å². The number of pyridine rings is 1. The third-order valence-corrected chi connectivity index (χ3v) is 5.42. The monoisotopic (exact) mass is 371 g/mol. The van der Waals surface area contributed by atoms with Crippen molar-refractivity contribution >= 4 is 28.2 Å². The number of ether oxygens (including phenoxy) is 1. The number of nitrogen functional groups attached to an aromatic ring is 1. The van der Waals surface area contributed by atoms with Crippen LogP contribution in [0.2, 0.25) is 0 Å². The van der Waals surface area contributed by atoms with Gasteiger partial charge in [-0.05, 0) is 44.7 Å². The molecule has 0 spiro atoms. The molecule has 2 aromatic rings. The number of nitrogens with zero attached hydrogens (tertiary/aromatic N) is 2. The van der Waals surface area contributed by atoms with Crippen molar-refractivity contribution < 1.29 is 14.6 Å². The van der Waals surface area contributed by atoms with Crippen LogP contribution in [0.3, 0.4) is 0 Å². The highest BCUT2D eigenvalue weighted by Crippen LogP contribution is 2.39. The number of carbonyl (C=O) groups excluding carboxylic acids is 1. The summed E-state index contributed by atoms with van der Waals surface area (Å²) >= 11 is 0. The van der Waals surface area contributed by atoms with Crippen molar-refractivity contribution in [2.24, 2.45) is 0 Å².